The number of hydrogen-bond acceptors (Lipinski definition) is 12. The number of fused-ring (bicyclic) bond motifs is 1. The lowest BCUT2D eigenvalue weighted by molar-refractivity contribution is -0.396. The number of hydrogen-bond donors (Lipinski definition) is 1. The number of allylic oxidation sites excluding steroid dienone is 1. The van der Waals surface area contributed by atoms with Crippen molar-refractivity contribution in [3.8, 4) is 17.2 Å². The van der Waals surface area contributed by atoms with Gasteiger partial charge < -0.3 is 19.3 Å². The minimum absolute atomic E-state index is 0.0116. The highest BCUT2D eigenvalue weighted by atomic mass is 79.9. The highest BCUT2D eigenvalue weighted by molar-refractivity contribution is 9.10. The first kappa shape index (κ1) is 29.4. The summed E-state index contributed by atoms with van der Waals surface area (Å²) in [6.45, 7) is 3.30. The van der Waals surface area contributed by atoms with Gasteiger partial charge in [0.1, 0.15) is 0 Å². The average molecular weight is 649 g/mol. The van der Waals surface area contributed by atoms with Crippen molar-refractivity contribution in [2.45, 2.75) is 19.9 Å². The van der Waals surface area contributed by atoms with Crippen molar-refractivity contribution in [3.05, 3.63) is 91.1 Å². The first-order valence-electron chi connectivity index (χ1n) is 11.7. The molecular formula is C25H21BrN4O10S. The van der Waals surface area contributed by atoms with Crippen LogP contribution < -0.4 is 24.4 Å². The van der Waals surface area contributed by atoms with Crippen LogP contribution in [0.25, 0.3) is 6.08 Å². The molecule has 0 spiro atoms. The molecule has 1 aromatic heterocycles. The Labute approximate surface area is 242 Å². The number of phenols is 1. The maximum absolute atomic E-state index is 13.8. The summed E-state index contributed by atoms with van der Waals surface area (Å²) >= 11 is 4.41. The van der Waals surface area contributed by atoms with Crippen LogP contribution in [0.4, 0.5) is 11.4 Å². The summed E-state index contributed by atoms with van der Waals surface area (Å²) in [7, 11) is 2.89. The predicted octanol–water partition coefficient (Wildman–Crippen LogP) is 3.10. The van der Waals surface area contributed by atoms with Crippen LogP contribution in [-0.4, -0.2) is 46.3 Å². The van der Waals surface area contributed by atoms with E-state index < -0.39 is 44.5 Å². The summed E-state index contributed by atoms with van der Waals surface area (Å²) in [6, 6.07) is 4.02. The minimum atomic E-state index is -1.10. The number of carbonyl (C=O) groups is 1. The van der Waals surface area contributed by atoms with Gasteiger partial charge >= 0.3 is 17.3 Å². The molecule has 14 nitrogen and oxygen atoms in total. The van der Waals surface area contributed by atoms with Gasteiger partial charge in [-0.05, 0) is 43.2 Å². The van der Waals surface area contributed by atoms with Crippen LogP contribution in [0.3, 0.4) is 0 Å². The molecule has 2 aromatic carbocycles. The van der Waals surface area contributed by atoms with E-state index in [2.05, 4.69) is 20.9 Å². The van der Waals surface area contributed by atoms with Gasteiger partial charge in [-0.25, -0.2) is 9.79 Å². The normalized spacial score (nSPS) is 14.8. The number of carbonyl (C=O) groups excluding carboxylic acids is 1. The van der Waals surface area contributed by atoms with Crippen molar-refractivity contribution in [3.63, 3.8) is 0 Å². The van der Waals surface area contributed by atoms with E-state index in [-0.39, 0.29) is 27.1 Å². The number of methoxy groups -OCH3 is 2. The number of nitrogens with zero attached hydrogens (tertiary/aromatic N) is 4. The number of halogens is 1. The van der Waals surface area contributed by atoms with E-state index in [0.29, 0.717) is 27.2 Å². The summed E-state index contributed by atoms with van der Waals surface area (Å²) < 4.78 is 17.8. The summed E-state index contributed by atoms with van der Waals surface area (Å²) in [6.07, 6.45) is 1.22. The van der Waals surface area contributed by atoms with E-state index >= 15 is 0 Å². The molecule has 0 fully saturated rings. The summed E-state index contributed by atoms with van der Waals surface area (Å²) in [5.74, 6) is -1.08. The van der Waals surface area contributed by atoms with Crippen LogP contribution in [0.15, 0.2) is 49.8 Å². The number of aromatic nitrogens is 1. The van der Waals surface area contributed by atoms with Crippen LogP contribution in [0.2, 0.25) is 0 Å². The van der Waals surface area contributed by atoms with Crippen molar-refractivity contribution in [1.29, 1.82) is 0 Å². The quantitative estimate of drug-likeness (QED) is 0.216. The Bertz CT molecular complexity index is 1790. The SMILES string of the molecule is CCOC(=O)C1=C(C)N=c2s/c(=C\c3cc([N+](=O)[O-])c(O)c([N+](=O)[O-])c3)c(=O)n2[C@@H]1c1cc(OC)c(OC)cc1Br. The lowest BCUT2D eigenvalue weighted by Gasteiger charge is -2.26. The maximum atomic E-state index is 13.8. The molecule has 0 saturated heterocycles. The lowest BCUT2D eigenvalue weighted by Crippen LogP contribution is -2.40. The first-order valence-corrected chi connectivity index (χ1v) is 13.3. The molecule has 41 heavy (non-hydrogen) atoms. The van der Waals surface area contributed by atoms with Crippen molar-refractivity contribution >= 4 is 50.7 Å². The second kappa shape index (κ2) is 11.5. The Morgan fingerprint density at radius 2 is 1.73 bits per heavy atom. The van der Waals surface area contributed by atoms with Gasteiger partial charge in [0.25, 0.3) is 11.3 Å². The Morgan fingerprint density at radius 3 is 2.27 bits per heavy atom. The number of thiazole rings is 1. The molecule has 3 aromatic rings. The van der Waals surface area contributed by atoms with Crippen molar-refractivity contribution in [2.75, 3.05) is 20.8 Å². The molecule has 0 aliphatic carbocycles. The monoisotopic (exact) mass is 648 g/mol. The number of rotatable bonds is 8. The second-order valence-electron chi connectivity index (χ2n) is 8.45. The van der Waals surface area contributed by atoms with Gasteiger partial charge in [-0.1, -0.05) is 27.3 Å². The largest absolute Gasteiger partial charge is 0.497 e. The van der Waals surface area contributed by atoms with Crippen LogP contribution in [-0.2, 0) is 9.53 Å². The van der Waals surface area contributed by atoms with Crippen LogP contribution in [0, 0.1) is 20.2 Å². The zero-order chi connectivity index (χ0) is 30.2. The Morgan fingerprint density at radius 1 is 1.15 bits per heavy atom. The Balaban J connectivity index is 2.04. The van der Waals surface area contributed by atoms with E-state index in [0.717, 1.165) is 23.5 Å². The molecule has 1 aliphatic heterocycles. The Kier molecular flexibility index (Phi) is 8.25. The third-order valence-electron chi connectivity index (χ3n) is 6.10. The summed E-state index contributed by atoms with van der Waals surface area (Å²) in [4.78, 5) is 52.5. The highest BCUT2D eigenvalue weighted by Gasteiger charge is 2.35. The van der Waals surface area contributed by atoms with Gasteiger partial charge in [-0.15, -0.1) is 0 Å². The van der Waals surface area contributed by atoms with Gasteiger partial charge in [-0.2, -0.15) is 0 Å². The molecule has 1 atom stereocenters. The minimum Gasteiger partial charge on any atom is -0.497 e. The average Bonchev–Trinajstić information content (AvgIpc) is 3.22. The molecule has 1 N–H and O–H groups in total. The van der Waals surface area contributed by atoms with Crippen molar-refractivity contribution in [2.24, 2.45) is 4.99 Å². The van der Waals surface area contributed by atoms with Gasteiger partial charge in [0.15, 0.2) is 16.3 Å². The van der Waals surface area contributed by atoms with Gasteiger partial charge in [0.2, 0.25) is 0 Å². The molecule has 2 heterocycles. The molecule has 0 bridgehead atoms. The number of aromatic hydroxyl groups is 1. The van der Waals surface area contributed by atoms with Gasteiger partial charge in [0.05, 0.1) is 52.5 Å². The molecule has 0 unspecified atom stereocenters. The zero-order valence-corrected chi connectivity index (χ0v) is 24.3. The van der Waals surface area contributed by atoms with E-state index in [1.165, 1.54) is 24.9 Å². The Hall–Kier alpha value is -4.57. The van der Waals surface area contributed by atoms with Crippen LogP contribution in [0.1, 0.15) is 31.0 Å². The standard InChI is InChI=1S/C25H21BrN4O10S/c1-5-40-24(33)20-11(2)27-25-28(21(20)13-9-17(38-3)18(39-4)10-14(13)26)23(32)19(41-25)8-12-6-15(29(34)35)22(31)16(7-12)30(36)37/h6-10,21,31H,5H2,1-4H3/b19-8-/t21-/m1/s1. The fourth-order valence-corrected chi connectivity index (χ4v) is 5.89. The molecule has 1 aliphatic rings. The number of nitro groups is 2. The molecule has 4 rings (SSSR count). The fraction of sp³-hybridized carbons (Fsp3) is 0.240. The van der Waals surface area contributed by atoms with Crippen molar-refractivity contribution < 1.29 is 34.0 Å². The maximum Gasteiger partial charge on any atom is 0.338 e. The van der Waals surface area contributed by atoms with Gasteiger partial charge in [0, 0.05) is 16.6 Å². The predicted molar refractivity (Wildman–Crippen MR) is 149 cm³/mol. The number of esters is 1. The molecule has 214 valence electrons. The molecule has 0 amide bonds. The van der Waals surface area contributed by atoms with E-state index in [1.54, 1.807) is 26.0 Å². The molecule has 16 heteroatoms. The summed E-state index contributed by atoms with van der Waals surface area (Å²) in [5.41, 5.74) is -1.67. The highest BCUT2D eigenvalue weighted by Crippen LogP contribution is 2.41. The lowest BCUT2D eigenvalue weighted by atomic mass is 9.95. The second-order valence-corrected chi connectivity index (χ2v) is 10.3. The molecular weight excluding hydrogens is 628 g/mol. The topological polar surface area (TPSA) is 186 Å². The third kappa shape index (κ3) is 5.30. The van der Waals surface area contributed by atoms with Gasteiger partial charge in [-0.3, -0.25) is 29.6 Å². The zero-order valence-electron chi connectivity index (χ0n) is 21.9. The summed E-state index contributed by atoms with van der Waals surface area (Å²) in [5, 5.41) is 32.8. The number of phenolic OH excluding ortho intramolecular Hbond substituents is 1. The van der Waals surface area contributed by atoms with E-state index in [1.807, 2.05) is 0 Å². The molecule has 0 saturated carbocycles. The van der Waals surface area contributed by atoms with E-state index in [4.69, 9.17) is 14.2 Å². The first-order chi connectivity index (χ1) is 19.4. The number of ether oxygens (including phenoxy) is 3. The number of nitro benzene ring substituents is 2. The smallest absolute Gasteiger partial charge is 0.338 e. The van der Waals surface area contributed by atoms with Crippen molar-refractivity contribution in [1.82, 2.24) is 4.57 Å². The van der Waals surface area contributed by atoms with Crippen LogP contribution >= 0.6 is 27.3 Å². The molecule has 0 radical (unpaired) electrons. The fourth-order valence-electron chi connectivity index (χ4n) is 4.30. The van der Waals surface area contributed by atoms with Crippen LogP contribution in [0.5, 0.6) is 17.2 Å². The number of benzene rings is 2. The third-order valence-corrected chi connectivity index (χ3v) is 7.77. The van der Waals surface area contributed by atoms with E-state index in [9.17, 15) is 34.9 Å².